The Morgan fingerprint density at radius 3 is 2.35 bits per heavy atom. The van der Waals surface area contributed by atoms with Crippen LogP contribution in [0.1, 0.15) is 31.1 Å². The highest BCUT2D eigenvalue weighted by Gasteiger charge is 2.22. The number of aliphatic hydroxyl groups is 1. The molecule has 0 aliphatic carbocycles. The van der Waals surface area contributed by atoms with Crippen LogP contribution in [0.2, 0.25) is 0 Å². The van der Waals surface area contributed by atoms with Crippen LogP contribution in [0.25, 0.3) is 0 Å². The van der Waals surface area contributed by atoms with Crippen LogP contribution in [0, 0.1) is 8.99 Å². The lowest BCUT2D eigenvalue weighted by Gasteiger charge is -2.25. The summed E-state index contributed by atoms with van der Waals surface area (Å²) in [6, 6.07) is 7.33. The van der Waals surface area contributed by atoms with E-state index in [4.69, 9.17) is 0 Å². The molecule has 1 aromatic rings. The first-order valence-corrected chi connectivity index (χ1v) is 6.60. The van der Waals surface area contributed by atoms with E-state index >= 15 is 0 Å². The molecule has 17 heavy (non-hydrogen) atoms. The zero-order valence-corrected chi connectivity index (χ0v) is 12.5. The van der Waals surface area contributed by atoms with Crippen LogP contribution >= 0.6 is 22.6 Å². The standard InChI is InChI=1S/C13H18INO2/c1-13(2,3)11(16)8-15-12(17)9-4-6-10(14)7-5-9/h4-7,11,16H,8H2,1-3H3,(H,15,17). The van der Waals surface area contributed by atoms with Crippen molar-refractivity contribution in [3.8, 4) is 0 Å². The largest absolute Gasteiger partial charge is 0.391 e. The smallest absolute Gasteiger partial charge is 0.251 e. The second-order valence-corrected chi connectivity index (χ2v) is 6.34. The summed E-state index contributed by atoms with van der Waals surface area (Å²) in [5, 5.41) is 12.5. The van der Waals surface area contributed by atoms with Gasteiger partial charge in [-0.05, 0) is 52.3 Å². The molecule has 0 radical (unpaired) electrons. The van der Waals surface area contributed by atoms with Crippen molar-refractivity contribution in [2.45, 2.75) is 26.9 Å². The third-order valence-corrected chi connectivity index (χ3v) is 3.28. The van der Waals surface area contributed by atoms with E-state index in [1.807, 2.05) is 32.9 Å². The van der Waals surface area contributed by atoms with E-state index in [9.17, 15) is 9.90 Å². The molecule has 94 valence electrons. The van der Waals surface area contributed by atoms with E-state index in [1.54, 1.807) is 12.1 Å². The zero-order valence-electron chi connectivity index (χ0n) is 10.3. The van der Waals surface area contributed by atoms with Crippen molar-refractivity contribution in [1.82, 2.24) is 5.32 Å². The Bertz CT molecular complexity index is 381. The monoisotopic (exact) mass is 347 g/mol. The highest BCUT2D eigenvalue weighted by atomic mass is 127. The first-order valence-electron chi connectivity index (χ1n) is 5.52. The van der Waals surface area contributed by atoms with Gasteiger partial charge in [0.05, 0.1) is 6.10 Å². The molecule has 1 amide bonds. The molecule has 0 aromatic heterocycles. The van der Waals surface area contributed by atoms with Crippen molar-refractivity contribution in [1.29, 1.82) is 0 Å². The maximum Gasteiger partial charge on any atom is 0.251 e. The van der Waals surface area contributed by atoms with E-state index in [2.05, 4.69) is 27.9 Å². The van der Waals surface area contributed by atoms with Gasteiger partial charge in [0, 0.05) is 15.7 Å². The summed E-state index contributed by atoms with van der Waals surface area (Å²) in [5.41, 5.74) is 0.394. The Morgan fingerprint density at radius 1 is 1.35 bits per heavy atom. The summed E-state index contributed by atoms with van der Waals surface area (Å²) in [6.45, 7) is 6.09. The molecule has 1 aromatic carbocycles. The van der Waals surface area contributed by atoms with E-state index < -0.39 is 6.10 Å². The van der Waals surface area contributed by atoms with Gasteiger partial charge in [-0.1, -0.05) is 20.8 Å². The molecule has 2 N–H and O–H groups in total. The molecular formula is C13H18INO2. The minimum absolute atomic E-state index is 0.148. The SMILES string of the molecule is CC(C)(C)C(O)CNC(=O)c1ccc(I)cc1. The van der Waals surface area contributed by atoms with Crippen molar-refractivity contribution < 1.29 is 9.90 Å². The molecule has 1 atom stereocenters. The fourth-order valence-corrected chi connectivity index (χ4v) is 1.56. The highest BCUT2D eigenvalue weighted by molar-refractivity contribution is 14.1. The fourth-order valence-electron chi connectivity index (χ4n) is 1.20. The van der Waals surface area contributed by atoms with E-state index in [0.29, 0.717) is 5.56 Å². The van der Waals surface area contributed by atoms with Crippen molar-refractivity contribution in [2.75, 3.05) is 6.54 Å². The summed E-state index contributed by atoms with van der Waals surface area (Å²) < 4.78 is 1.09. The van der Waals surface area contributed by atoms with E-state index in [-0.39, 0.29) is 17.9 Å². The number of rotatable bonds is 3. The lowest BCUT2D eigenvalue weighted by molar-refractivity contribution is 0.0587. The number of amides is 1. The Labute approximate surface area is 116 Å². The van der Waals surface area contributed by atoms with Crippen molar-refractivity contribution >= 4 is 28.5 Å². The first-order chi connectivity index (χ1) is 7.80. The van der Waals surface area contributed by atoms with Gasteiger partial charge in [0.25, 0.3) is 5.91 Å². The average Bonchev–Trinajstić information content (AvgIpc) is 2.25. The number of hydrogen-bond donors (Lipinski definition) is 2. The van der Waals surface area contributed by atoms with Crippen molar-refractivity contribution in [3.05, 3.63) is 33.4 Å². The quantitative estimate of drug-likeness (QED) is 0.826. The summed E-state index contributed by atoms with van der Waals surface area (Å²) >= 11 is 2.19. The van der Waals surface area contributed by atoms with Crippen molar-refractivity contribution in [3.63, 3.8) is 0 Å². The summed E-state index contributed by atoms with van der Waals surface area (Å²) in [5.74, 6) is -0.148. The lowest BCUT2D eigenvalue weighted by Crippen LogP contribution is -2.39. The third kappa shape index (κ3) is 4.63. The van der Waals surface area contributed by atoms with Crippen LogP contribution in [-0.4, -0.2) is 23.7 Å². The molecule has 1 rings (SSSR count). The minimum Gasteiger partial charge on any atom is -0.391 e. The number of aliphatic hydroxyl groups excluding tert-OH is 1. The normalized spacial score (nSPS) is 13.2. The van der Waals surface area contributed by atoms with Gasteiger partial charge in [0.1, 0.15) is 0 Å². The summed E-state index contributed by atoms with van der Waals surface area (Å²) in [7, 11) is 0. The molecule has 1 unspecified atom stereocenters. The zero-order chi connectivity index (χ0) is 13.1. The molecule has 0 saturated carbocycles. The fraction of sp³-hybridized carbons (Fsp3) is 0.462. The van der Waals surface area contributed by atoms with Crippen LogP contribution in [0.15, 0.2) is 24.3 Å². The van der Waals surface area contributed by atoms with Crippen LogP contribution < -0.4 is 5.32 Å². The molecular weight excluding hydrogens is 329 g/mol. The Morgan fingerprint density at radius 2 is 1.88 bits per heavy atom. The topological polar surface area (TPSA) is 49.3 Å². The van der Waals surface area contributed by atoms with Crippen LogP contribution in [0.3, 0.4) is 0 Å². The third-order valence-electron chi connectivity index (χ3n) is 2.56. The van der Waals surface area contributed by atoms with Crippen LogP contribution in [0.5, 0.6) is 0 Å². The van der Waals surface area contributed by atoms with Gasteiger partial charge in [-0.25, -0.2) is 0 Å². The molecule has 0 bridgehead atoms. The maximum atomic E-state index is 11.8. The van der Waals surface area contributed by atoms with Crippen molar-refractivity contribution in [2.24, 2.45) is 5.41 Å². The van der Waals surface area contributed by atoms with Gasteiger partial charge in [-0.15, -0.1) is 0 Å². The predicted molar refractivity (Wildman–Crippen MR) is 77.0 cm³/mol. The Kier molecular flexibility index (Phi) is 4.94. The number of nitrogens with one attached hydrogen (secondary N) is 1. The molecule has 0 spiro atoms. The molecule has 0 aliphatic heterocycles. The summed E-state index contributed by atoms with van der Waals surface area (Å²) in [4.78, 5) is 11.8. The van der Waals surface area contributed by atoms with E-state index in [0.717, 1.165) is 3.57 Å². The van der Waals surface area contributed by atoms with Gasteiger partial charge < -0.3 is 10.4 Å². The molecule has 0 saturated heterocycles. The second kappa shape index (κ2) is 5.82. The Balaban J connectivity index is 2.53. The average molecular weight is 347 g/mol. The molecule has 0 heterocycles. The van der Waals surface area contributed by atoms with Crippen LogP contribution in [-0.2, 0) is 0 Å². The lowest BCUT2D eigenvalue weighted by atomic mass is 9.89. The number of halogens is 1. The minimum atomic E-state index is -0.546. The van der Waals surface area contributed by atoms with E-state index in [1.165, 1.54) is 0 Å². The van der Waals surface area contributed by atoms with Gasteiger partial charge in [0.2, 0.25) is 0 Å². The first kappa shape index (κ1) is 14.4. The molecule has 0 aliphatic rings. The van der Waals surface area contributed by atoms with Gasteiger partial charge in [0.15, 0.2) is 0 Å². The van der Waals surface area contributed by atoms with Gasteiger partial charge in [-0.3, -0.25) is 4.79 Å². The molecule has 3 nitrogen and oxygen atoms in total. The maximum absolute atomic E-state index is 11.8. The van der Waals surface area contributed by atoms with Gasteiger partial charge in [-0.2, -0.15) is 0 Å². The highest BCUT2D eigenvalue weighted by Crippen LogP contribution is 2.18. The number of hydrogen-bond acceptors (Lipinski definition) is 2. The second-order valence-electron chi connectivity index (χ2n) is 5.10. The Hall–Kier alpha value is -0.620. The number of carbonyl (C=O) groups is 1. The van der Waals surface area contributed by atoms with Gasteiger partial charge >= 0.3 is 0 Å². The molecule has 4 heteroatoms. The summed E-state index contributed by atoms with van der Waals surface area (Å²) in [6.07, 6.45) is -0.546. The predicted octanol–water partition coefficient (Wildman–Crippen LogP) is 2.43. The van der Waals surface area contributed by atoms with Crippen LogP contribution in [0.4, 0.5) is 0 Å². The number of carbonyl (C=O) groups excluding carboxylic acids is 1. The molecule has 0 fully saturated rings. The number of benzene rings is 1.